The SMILES string of the molecule is CCOC(=O)[C@@H]1c2ccc(Cl)cc2CCN1c1ccc(F)cc1. The number of fused-ring (bicyclic) bond motifs is 1. The monoisotopic (exact) mass is 333 g/mol. The van der Waals surface area contributed by atoms with Crippen LogP contribution in [0.15, 0.2) is 42.5 Å². The lowest BCUT2D eigenvalue weighted by Gasteiger charge is -2.37. The van der Waals surface area contributed by atoms with E-state index in [1.54, 1.807) is 25.1 Å². The van der Waals surface area contributed by atoms with Gasteiger partial charge >= 0.3 is 5.97 Å². The van der Waals surface area contributed by atoms with Gasteiger partial charge < -0.3 is 9.64 Å². The number of nitrogens with zero attached hydrogens (tertiary/aromatic N) is 1. The third-order valence-corrected chi connectivity index (χ3v) is 4.24. The van der Waals surface area contributed by atoms with Crippen LogP contribution >= 0.6 is 11.6 Å². The molecule has 120 valence electrons. The van der Waals surface area contributed by atoms with E-state index in [2.05, 4.69) is 0 Å². The molecule has 3 rings (SSSR count). The van der Waals surface area contributed by atoms with E-state index in [0.717, 1.165) is 23.2 Å². The summed E-state index contributed by atoms with van der Waals surface area (Å²) in [6.07, 6.45) is 0.767. The molecule has 0 saturated heterocycles. The van der Waals surface area contributed by atoms with Gasteiger partial charge in [-0.2, -0.15) is 0 Å². The topological polar surface area (TPSA) is 29.5 Å². The van der Waals surface area contributed by atoms with E-state index in [-0.39, 0.29) is 11.8 Å². The number of halogens is 2. The largest absolute Gasteiger partial charge is 0.464 e. The Hall–Kier alpha value is -2.07. The lowest BCUT2D eigenvalue weighted by Crippen LogP contribution is -2.40. The number of hydrogen-bond donors (Lipinski definition) is 0. The molecule has 0 amide bonds. The van der Waals surface area contributed by atoms with Crippen molar-refractivity contribution in [2.45, 2.75) is 19.4 Å². The first kappa shape index (κ1) is 15.8. The summed E-state index contributed by atoms with van der Waals surface area (Å²) in [6.45, 7) is 2.74. The number of benzene rings is 2. The zero-order valence-corrected chi connectivity index (χ0v) is 13.5. The Morgan fingerprint density at radius 1 is 1.30 bits per heavy atom. The van der Waals surface area contributed by atoms with Gasteiger partial charge in [0.25, 0.3) is 0 Å². The highest BCUT2D eigenvalue weighted by molar-refractivity contribution is 6.30. The number of esters is 1. The maximum Gasteiger partial charge on any atom is 0.333 e. The molecule has 0 spiro atoms. The molecule has 0 aromatic heterocycles. The average Bonchev–Trinajstić information content (AvgIpc) is 2.54. The van der Waals surface area contributed by atoms with Gasteiger partial charge in [-0.15, -0.1) is 0 Å². The van der Waals surface area contributed by atoms with Crippen LogP contribution in [0.2, 0.25) is 5.02 Å². The van der Waals surface area contributed by atoms with Crippen molar-refractivity contribution in [3.05, 3.63) is 64.4 Å². The van der Waals surface area contributed by atoms with Gasteiger partial charge in [0.2, 0.25) is 0 Å². The molecule has 1 aliphatic heterocycles. The van der Waals surface area contributed by atoms with Gasteiger partial charge in [-0.1, -0.05) is 17.7 Å². The molecular weight excluding hydrogens is 317 g/mol. The molecule has 0 saturated carbocycles. The molecule has 1 atom stereocenters. The lowest BCUT2D eigenvalue weighted by molar-refractivity contribution is -0.145. The Bertz CT molecular complexity index is 717. The fraction of sp³-hybridized carbons (Fsp3) is 0.278. The summed E-state index contributed by atoms with van der Waals surface area (Å²) >= 11 is 6.06. The van der Waals surface area contributed by atoms with E-state index < -0.39 is 6.04 Å². The highest BCUT2D eigenvalue weighted by Gasteiger charge is 2.34. The van der Waals surface area contributed by atoms with Crippen molar-refractivity contribution in [2.24, 2.45) is 0 Å². The van der Waals surface area contributed by atoms with Gasteiger partial charge in [0, 0.05) is 17.3 Å². The number of rotatable bonds is 3. The number of carbonyl (C=O) groups excluding carboxylic acids is 1. The molecule has 3 nitrogen and oxygen atoms in total. The van der Waals surface area contributed by atoms with Crippen LogP contribution in [0.4, 0.5) is 10.1 Å². The van der Waals surface area contributed by atoms with Gasteiger partial charge in [0.05, 0.1) is 6.61 Å². The molecule has 1 heterocycles. The summed E-state index contributed by atoms with van der Waals surface area (Å²) in [5.41, 5.74) is 2.74. The first-order valence-corrected chi connectivity index (χ1v) is 7.95. The summed E-state index contributed by atoms with van der Waals surface area (Å²) in [4.78, 5) is 14.5. The minimum Gasteiger partial charge on any atom is -0.464 e. The fourth-order valence-corrected chi connectivity index (χ4v) is 3.18. The molecule has 0 aliphatic carbocycles. The average molecular weight is 334 g/mol. The van der Waals surface area contributed by atoms with Crippen LogP contribution in [0.25, 0.3) is 0 Å². The van der Waals surface area contributed by atoms with Gasteiger partial charge in [-0.3, -0.25) is 0 Å². The molecule has 5 heteroatoms. The first-order chi connectivity index (χ1) is 11.1. The summed E-state index contributed by atoms with van der Waals surface area (Å²) in [5.74, 6) is -0.606. The molecule has 0 unspecified atom stereocenters. The molecule has 0 N–H and O–H groups in total. The van der Waals surface area contributed by atoms with Gasteiger partial charge in [0.1, 0.15) is 5.82 Å². The maximum absolute atomic E-state index is 13.2. The minimum atomic E-state index is -0.540. The predicted molar refractivity (Wildman–Crippen MR) is 88.3 cm³/mol. The van der Waals surface area contributed by atoms with Gasteiger partial charge in [-0.25, -0.2) is 9.18 Å². The van der Waals surface area contributed by atoms with E-state index in [1.807, 2.05) is 17.0 Å². The number of hydrogen-bond acceptors (Lipinski definition) is 3. The van der Waals surface area contributed by atoms with E-state index in [0.29, 0.717) is 18.2 Å². The Morgan fingerprint density at radius 2 is 2.04 bits per heavy atom. The molecule has 2 aromatic rings. The molecule has 1 aliphatic rings. The Labute approximate surface area is 139 Å². The van der Waals surface area contributed by atoms with Crippen molar-refractivity contribution in [1.82, 2.24) is 0 Å². The first-order valence-electron chi connectivity index (χ1n) is 7.57. The molecule has 23 heavy (non-hydrogen) atoms. The Kier molecular flexibility index (Phi) is 4.53. The highest BCUT2D eigenvalue weighted by atomic mass is 35.5. The maximum atomic E-state index is 13.2. The second-order valence-corrected chi connectivity index (χ2v) is 5.85. The third kappa shape index (κ3) is 3.17. The summed E-state index contributed by atoms with van der Waals surface area (Å²) in [5, 5.41) is 0.654. The van der Waals surface area contributed by atoms with Gasteiger partial charge in [0.15, 0.2) is 6.04 Å². The van der Waals surface area contributed by atoms with Crippen molar-refractivity contribution in [2.75, 3.05) is 18.1 Å². The zero-order chi connectivity index (χ0) is 16.4. The Balaban J connectivity index is 2.03. The summed E-state index contributed by atoms with van der Waals surface area (Å²) < 4.78 is 18.4. The normalized spacial score (nSPS) is 16.8. The number of ether oxygens (including phenoxy) is 1. The third-order valence-electron chi connectivity index (χ3n) is 4.00. The van der Waals surface area contributed by atoms with Crippen LogP contribution in [0.1, 0.15) is 24.1 Å². The second-order valence-electron chi connectivity index (χ2n) is 5.42. The molecule has 0 fully saturated rings. The summed E-state index contributed by atoms with van der Waals surface area (Å²) in [6, 6.07) is 11.2. The van der Waals surface area contributed by atoms with Crippen LogP contribution in [-0.4, -0.2) is 19.1 Å². The van der Waals surface area contributed by atoms with Crippen molar-refractivity contribution in [3.63, 3.8) is 0 Å². The number of anilines is 1. The van der Waals surface area contributed by atoms with Crippen LogP contribution < -0.4 is 4.90 Å². The van der Waals surface area contributed by atoms with Crippen molar-refractivity contribution < 1.29 is 13.9 Å². The number of carbonyl (C=O) groups is 1. The van der Waals surface area contributed by atoms with E-state index in [1.165, 1.54) is 12.1 Å². The molecular formula is C18H17ClFNO2. The standard InChI is InChI=1S/C18H17ClFNO2/c1-2-23-18(22)17-16-8-3-13(19)11-12(16)9-10-21(17)15-6-4-14(20)5-7-15/h3-8,11,17H,2,9-10H2,1H3/t17-/m0/s1. The van der Waals surface area contributed by atoms with Crippen molar-refractivity contribution in [1.29, 1.82) is 0 Å². The lowest BCUT2D eigenvalue weighted by atomic mass is 9.92. The van der Waals surface area contributed by atoms with E-state index in [9.17, 15) is 9.18 Å². The quantitative estimate of drug-likeness (QED) is 0.790. The van der Waals surface area contributed by atoms with Crippen LogP contribution in [0.3, 0.4) is 0 Å². The van der Waals surface area contributed by atoms with E-state index in [4.69, 9.17) is 16.3 Å². The smallest absolute Gasteiger partial charge is 0.333 e. The summed E-state index contributed by atoms with van der Waals surface area (Å²) in [7, 11) is 0. The predicted octanol–water partition coefficient (Wildman–Crippen LogP) is 4.15. The second kappa shape index (κ2) is 6.59. The van der Waals surface area contributed by atoms with Crippen LogP contribution in [0, 0.1) is 5.82 Å². The van der Waals surface area contributed by atoms with Crippen molar-refractivity contribution in [3.8, 4) is 0 Å². The highest BCUT2D eigenvalue weighted by Crippen LogP contribution is 2.35. The van der Waals surface area contributed by atoms with Crippen LogP contribution in [-0.2, 0) is 16.0 Å². The van der Waals surface area contributed by atoms with E-state index >= 15 is 0 Å². The van der Waals surface area contributed by atoms with Crippen LogP contribution in [0.5, 0.6) is 0 Å². The molecule has 2 aromatic carbocycles. The minimum absolute atomic E-state index is 0.300. The Morgan fingerprint density at radius 3 is 2.74 bits per heavy atom. The van der Waals surface area contributed by atoms with Crippen molar-refractivity contribution >= 4 is 23.3 Å². The fourth-order valence-electron chi connectivity index (χ4n) is 2.98. The molecule has 0 bridgehead atoms. The zero-order valence-electron chi connectivity index (χ0n) is 12.8. The molecule has 0 radical (unpaired) electrons. The van der Waals surface area contributed by atoms with Gasteiger partial charge in [-0.05, 0) is 60.9 Å².